The van der Waals surface area contributed by atoms with Gasteiger partial charge < -0.3 is 16.4 Å². The lowest BCUT2D eigenvalue weighted by Crippen LogP contribution is -2.37. The Hall–Kier alpha value is -4.85. The number of nitrogens with two attached hydrogens (primary N) is 1. The molecule has 4 N–H and O–H groups in total. The fourth-order valence-corrected chi connectivity index (χ4v) is 5.80. The molecular weight excluding hydrogens is 599 g/mol. The third-order valence-corrected chi connectivity index (χ3v) is 8.49. The first-order chi connectivity index (χ1) is 22.1. The summed E-state index contributed by atoms with van der Waals surface area (Å²) < 4.78 is 41.0. The second kappa shape index (κ2) is 12.9. The van der Waals surface area contributed by atoms with Crippen LogP contribution in [0, 0.1) is 0 Å². The van der Waals surface area contributed by atoms with Gasteiger partial charge in [0.25, 0.3) is 5.91 Å². The van der Waals surface area contributed by atoms with E-state index in [1.165, 1.54) is 19.2 Å². The minimum atomic E-state index is -4.55. The molecule has 3 heterocycles. The third-order valence-electron chi connectivity index (χ3n) is 8.49. The molecule has 0 atom stereocenters. The van der Waals surface area contributed by atoms with Gasteiger partial charge in [-0.2, -0.15) is 18.3 Å². The molecule has 0 aliphatic heterocycles. The molecule has 3 aromatic heterocycles. The van der Waals surface area contributed by atoms with E-state index >= 15 is 0 Å². The van der Waals surface area contributed by atoms with Crippen LogP contribution in [-0.4, -0.2) is 67.1 Å². The Morgan fingerprint density at radius 3 is 2.48 bits per heavy atom. The van der Waals surface area contributed by atoms with E-state index in [2.05, 4.69) is 37.5 Å². The molecule has 2 amide bonds. The highest BCUT2D eigenvalue weighted by atomic mass is 19.4. The van der Waals surface area contributed by atoms with Gasteiger partial charge in [-0.25, -0.2) is 19.6 Å². The summed E-state index contributed by atoms with van der Waals surface area (Å²) in [5.41, 5.74) is 7.41. The van der Waals surface area contributed by atoms with Gasteiger partial charge in [-0.05, 0) is 69.8 Å². The first-order valence-corrected chi connectivity index (χ1v) is 15.2. The number of carbonyl (C=O) groups excluding carboxylic acids is 2. The van der Waals surface area contributed by atoms with Gasteiger partial charge in [-0.3, -0.25) is 14.5 Å². The van der Waals surface area contributed by atoms with Gasteiger partial charge in [0.1, 0.15) is 23.7 Å². The van der Waals surface area contributed by atoms with Crippen LogP contribution in [0.3, 0.4) is 0 Å². The molecule has 0 spiro atoms. The van der Waals surface area contributed by atoms with Crippen molar-refractivity contribution < 1.29 is 22.8 Å². The summed E-state index contributed by atoms with van der Waals surface area (Å²) in [7, 11) is 2.07. The zero-order valence-electron chi connectivity index (χ0n) is 25.2. The molecule has 240 valence electrons. The van der Waals surface area contributed by atoms with Crippen molar-refractivity contribution in [3.63, 3.8) is 0 Å². The number of halogens is 3. The summed E-state index contributed by atoms with van der Waals surface area (Å²) >= 11 is 0. The number of likely N-dealkylation sites (N-methyl/N-ethyl adjacent to an activating group) is 1. The van der Waals surface area contributed by atoms with Gasteiger partial charge in [0, 0.05) is 42.0 Å². The molecule has 0 unspecified atom stereocenters. The Morgan fingerprint density at radius 1 is 1.04 bits per heavy atom. The predicted octanol–water partition coefficient (Wildman–Crippen LogP) is 4.99. The maximum atomic E-state index is 13.0. The number of fused-ring (bicyclic) bond motifs is 1. The van der Waals surface area contributed by atoms with Crippen molar-refractivity contribution in [2.24, 2.45) is 0 Å². The highest BCUT2D eigenvalue weighted by molar-refractivity contribution is 6.04. The van der Waals surface area contributed by atoms with E-state index < -0.39 is 17.6 Å². The van der Waals surface area contributed by atoms with Crippen molar-refractivity contribution >= 4 is 34.5 Å². The zero-order chi connectivity index (χ0) is 32.4. The Balaban J connectivity index is 1.13. The lowest BCUT2D eigenvalue weighted by atomic mass is 9.91. The molecule has 4 aromatic rings. The molecule has 0 saturated heterocycles. The monoisotopic (exact) mass is 633 g/mol. The lowest BCUT2D eigenvalue weighted by Gasteiger charge is -2.29. The number of nitrogens with zero attached hydrogens (tertiary/aromatic N) is 6. The van der Waals surface area contributed by atoms with Crippen molar-refractivity contribution in [1.29, 1.82) is 0 Å². The average molecular weight is 634 g/mol. The highest BCUT2D eigenvalue weighted by Crippen LogP contribution is 2.36. The van der Waals surface area contributed by atoms with E-state index in [0.717, 1.165) is 50.6 Å². The fraction of sp³-hybridized carbons (Fsp3) is 0.375. The van der Waals surface area contributed by atoms with Gasteiger partial charge in [0.05, 0.1) is 17.0 Å². The minimum Gasteiger partial charge on any atom is -0.383 e. The molecule has 2 aliphatic rings. The second-order valence-electron chi connectivity index (χ2n) is 11.8. The molecule has 2 fully saturated rings. The number of carbonyl (C=O) groups is 2. The number of pyridine rings is 1. The van der Waals surface area contributed by atoms with E-state index in [4.69, 9.17) is 10.8 Å². The van der Waals surface area contributed by atoms with Crippen LogP contribution in [0.25, 0.3) is 22.3 Å². The number of nitrogen functional groups attached to an aromatic ring is 1. The summed E-state index contributed by atoms with van der Waals surface area (Å²) in [6.07, 6.45) is 6.95. The molecular formula is C32H34F3N9O2. The number of anilines is 2. The van der Waals surface area contributed by atoms with Crippen molar-refractivity contribution in [2.75, 3.05) is 24.6 Å². The smallest absolute Gasteiger partial charge is 0.383 e. The molecule has 14 heteroatoms. The maximum Gasteiger partial charge on any atom is 0.416 e. The van der Waals surface area contributed by atoms with Crippen LogP contribution in [0.1, 0.15) is 60.5 Å². The third kappa shape index (κ3) is 7.01. The molecule has 1 aromatic carbocycles. The van der Waals surface area contributed by atoms with E-state index in [-0.39, 0.29) is 35.2 Å². The standard InChI is InChI=1S/C32H34F3N9O2/c1-43(23-12-13-23)16-2-3-26(45)40-22-8-10-24(11-9-22)44-30-27(29(36)38-18-39-30)28(42-44)19-4-6-20(7-5-19)31(46)41-25-17-21(14-15-37-25)32(33,34)35/h2-7,14-15,17-18,22-24H,8-13,16H2,1H3,(H,40,45)(H2,36,38,39)(H,37,41,46)/b3-2+/t22-,24-. The van der Waals surface area contributed by atoms with Crippen molar-refractivity contribution in [2.45, 2.75) is 62.8 Å². The van der Waals surface area contributed by atoms with Crippen LogP contribution in [0.5, 0.6) is 0 Å². The number of benzene rings is 1. The van der Waals surface area contributed by atoms with E-state index in [1.807, 2.05) is 10.8 Å². The van der Waals surface area contributed by atoms with Gasteiger partial charge in [0.2, 0.25) is 5.91 Å². The quantitative estimate of drug-likeness (QED) is 0.219. The first-order valence-electron chi connectivity index (χ1n) is 15.2. The maximum absolute atomic E-state index is 13.0. The minimum absolute atomic E-state index is 0.0337. The normalized spacial score (nSPS) is 18.7. The van der Waals surface area contributed by atoms with Gasteiger partial charge in [-0.15, -0.1) is 0 Å². The van der Waals surface area contributed by atoms with Gasteiger partial charge >= 0.3 is 6.18 Å². The van der Waals surface area contributed by atoms with Crippen LogP contribution in [-0.2, 0) is 11.0 Å². The zero-order valence-corrected chi connectivity index (χ0v) is 25.2. The van der Waals surface area contributed by atoms with E-state index in [0.29, 0.717) is 28.3 Å². The number of hydrogen-bond donors (Lipinski definition) is 3. The molecule has 11 nitrogen and oxygen atoms in total. The first kappa shape index (κ1) is 31.1. The number of aromatic nitrogens is 5. The van der Waals surface area contributed by atoms with Gasteiger partial charge in [-0.1, -0.05) is 18.2 Å². The SMILES string of the molecule is CN(C/C=C/C(=O)N[C@H]1CC[C@H](n2nc(-c3ccc(C(=O)Nc4cc(C(F)(F)F)ccn4)cc3)c3c(N)ncnc32)CC1)C1CC1. The fourth-order valence-electron chi connectivity index (χ4n) is 5.80. The Labute approximate surface area is 263 Å². The summed E-state index contributed by atoms with van der Waals surface area (Å²) in [4.78, 5) is 40.0. The van der Waals surface area contributed by atoms with Crippen LogP contribution in [0.15, 0.2) is 61.1 Å². The number of alkyl halides is 3. The lowest BCUT2D eigenvalue weighted by molar-refractivity contribution is -0.137. The van der Waals surface area contributed by atoms with E-state index in [1.54, 1.807) is 30.3 Å². The number of rotatable bonds is 9. The van der Waals surface area contributed by atoms with Crippen molar-refractivity contribution in [3.05, 3.63) is 72.2 Å². The Morgan fingerprint density at radius 2 is 1.78 bits per heavy atom. The van der Waals surface area contributed by atoms with Crippen LogP contribution in [0.4, 0.5) is 24.8 Å². The summed E-state index contributed by atoms with van der Waals surface area (Å²) in [6, 6.07) is 8.85. The summed E-state index contributed by atoms with van der Waals surface area (Å²) in [5, 5.41) is 11.0. The molecule has 0 radical (unpaired) electrons. The molecule has 0 bridgehead atoms. The summed E-state index contributed by atoms with van der Waals surface area (Å²) in [6.45, 7) is 0.762. The number of amides is 2. The van der Waals surface area contributed by atoms with E-state index in [9.17, 15) is 22.8 Å². The average Bonchev–Trinajstić information content (AvgIpc) is 3.82. The molecule has 2 saturated carbocycles. The van der Waals surface area contributed by atoms with Crippen molar-refractivity contribution in [1.82, 2.24) is 34.9 Å². The second-order valence-corrected chi connectivity index (χ2v) is 11.8. The Kier molecular flexibility index (Phi) is 8.71. The summed E-state index contributed by atoms with van der Waals surface area (Å²) in [5.74, 6) is -0.630. The molecule has 46 heavy (non-hydrogen) atoms. The Bertz CT molecular complexity index is 1760. The predicted molar refractivity (Wildman–Crippen MR) is 167 cm³/mol. The van der Waals surface area contributed by atoms with Crippen molar-refractivity contribution in [3.8, 4) is 11.3 Å². The molecule has 2 aliphatic carbocycles. The topological polar surface area (TPSA) is 144 Å². The highest BCUT2D eigenvalue weighted by Gasteiger charge is 2.31. The molecule has 6 rings (SSSR count). The number of nitrogens with one attached hydrogen (secondary N) is 2. The van der Waals surface area contributed by atoms with Crippen LogP contribution in [0.2, 0.25) is 0 Å². The van der Waals surface area contributed by atoms with Crippen LogP contribution < -0.4 is 16.4 Å². The largest absolute Gasteiger partial charge is 0.416 e. The number of hydrogen-bond acceptors (Lipinski definition) is 8. The van der Waals surface area contributed by atoms with Gasteiger partial charge in [0.15, 0.2) is 5.65 Å². The van der Waals surface area contributed by atoms with Crippen LogP contribution >= 0.6 is 0 Å².